The second-order valence-corrected chi connectivity index (χ2v) is 9.92. The summed E-state index contributed by atoms with van der Waals surface area (Å²) < 4.78 is 34.5. The maximum Gasteiger partial charge on any atom is 0.303 e. The molecule has 0 spiro atoms. The van der Waals surface area contributed by atoms with Crippen molar-refractivity contribution in [1.29, 1.82) is 0 Å². The van der Waals surface area contributed by atoms with Crippen LogP contribution in [0.5, 0.6) is 5.75 Å². The number of fused-ring (bicyclic) bond motifs is 1. The summed E-state index contributed by atoms with van der Waals surface area (Å²) in [6, 6.07) is 6.55. The fraction of sp³-hybridized carbons (Fsp3) is 0.417. The van der Waals surface area contributed by atoms with Crippen LogP contribution in [0.2, 0.25) is 0 Å². The van der Waals surface area contributed by atoms with E-state index in [4.69, 9.17) is 28.4 Å². The van der Waals surface area contributed by atoms with Gasteiger partial charge in [0.25, 0.3) is 0 Å². The molecule has 0 aromatic heterocycles. The summed E-state index contributed by atoms with van der Waals surface area (Å²) in [4.78, 5) is 59.0. The Bertz CT molecular complexity index is 1270. The highest BCUT2D eigenvalue weighted by Gasteiger charge is 2.53. The quantitative estimate of drug-likeness (QED) is 0.227. The Morgan fingerprint density at radius 2 is 1.32 bits per heavy atom. The first kappa shape index (κ1) is 29.5. The molecule has 2 aromatic rings. The first-order chi connectivity index (χ1) is 17.9. The van der Waals surface area contributed by atoms with E-state index >= 15 is 0 Å². The van der Waals surface area contributed by atoms with Crippen LogP contribution in [-0.4, -0.2) is 61.2 Å². The van der Waals surface area contributed by atoms with Gasteiger partial charge in [0.1, 0.15) is 12.7 Å². The molecule has 1 fully saturated rings. The van der Waals surface area contributed by atoms with Crippen molar-refractivity contribution in [2.75, 3.05) is 6.61 Å². The van der Waals surface area contributed by atoms with Gasteiger partial charge in [-0.05, 0) is 72.1 Å². The van der Waals surface area contributed by atoms with Crippen LogP contribution in [-0.2, 0) is 42.9 Å². The summed E-state index contributed by atoms with van der Waals surface area (Å²) in [5.74, 6) is -3.03. The third kappa shape index (κ3) is 7.26. The average molecular weight is 661 g/mol. The van der Waals surface area contributed by atoms with Gasteiger partial charge in [-0.15, -0.1) is 4.91 Å². The number of benzene rings is 2. The van der Waals surface area contributed by atoms with E-state index in [2.05, 4.69) is 37.0 Å². The zero-order chi connectivity index (χ0) is 28.1. The second-order valence-electron chi connectivity index (χ2n) is 8.21. The molecule has 0 amide bonds. The molecule has 0 radical (unpaired) electrons. The lowest BCUT2D eigenvalue weighted by Gasteiger charge is -2.43. The first-order valence-electron chi connectivity index (χ1n) is 11.1. The Labute approximate surface area is 233 Å². The van der Waals surface area contributed by atoms with E-state index in [0.717, 1.165) is 36.6 Å². The molecular formula is C24H23Br2NO11. The number of carbonyl (C=O) groups is 4. The summed E-state index contributed by atoms with van der Waals surface area (Å²) in [6.45, 7) is 4.07. The smallest absolute Gasteiger partial charge is 0.303 e. The van der Waals surface area contributed by atoms with Gasteiger partial charge in [-0.25, -0.2) is 0 Å². The predicted molar refractivity (Wildman–Crippen MR) is 137 cm³/mol. The van der Waals surface area contributed by atoms with E-state index < -0.39 is 61.2 Å². The first-order valence-corrected chi connectivity index (χ1v) is 12.7. The lowest BCUT2D eigenvalue weighted by atomic mass is 9.98. The highest BCUT2D eigenvalue weighted by atomic mass is 79.9. The van der Waals surface area contributed by atoms with Gasteiger partial charge < -0.3 is 28.4 Å². The molecule has 0 bridgehead atoms. The van der Waals surface area contributed by atoms with Gasteiger partial charge in [0.15, 0.2) is 23.6 Å². The molecule has 0 aliphatic carbocycles. The number of rotatable bonds is 8. The topological polar surface area (TPSA) is 153 Å². The van der Waals surface area contributed by atoms with Crippen molar-refractivity contribution >= 4 is 72.2 Å². The molecule has 1 saturated heterocycles. The molecule has 3 rings (SSSR count). The van der Waals surface area contributed by atoms with E-state index in [1.807, 2.05) is 0 Å². The van der Waals surface area contributed by atoms with Crippen molar-refractivity contribution in [3.8, 4) is 5.75 Å². The summed E-state index contributed by atoms with van der Waals surface area (Å²) in [6.07, 6.45) is -6.93. The van der Waals surface area contributed by atoms with Gasteiger partial charge >= 0.3 is 23.9 Å². The van der Waals surface area contributed by atoms with Crippen LogP contribution < -0.4 is 4.74 Å². The lowest BCUT2D eigenvalue weighted by molar-refractivity contribution is -0.288. The van der Waals surface area contributed by atoms with Crippen LogP contribution >= 0.6 is 31.9 Å². The SMILES string of the molecule is CC(=O)OCC1OC(Oc2cc3cc(Br)c(Br)cc3cc2N=O)C(OC(C)=O)C(OC(C)=O)C1OC(C)=O. The largest absolute Gasteiger partial charge is 0.463 e. The highest BCUT2D eigenvalue weighted by molar-refractivity contribution is 9.13. The third-order valence-electron chi connectivity index (χ3n) is 5.25. The standard InChI is InChI=1S/C24H23Br2NO11/c1-10(28)33-9-20-21(34-11(2)29)22(35-12(3)30)23(36-13(4)31)24(38-20)37-19-8-15-6-17(26)16(25)5-14(15)7-18(19)27-32/h5-8,20-24H,9H2,1-4H3. The number of ether oxygens (including phenoxy) is 6. The van der Waals surface area contributed by atoms with Crippen LogP contribution in [0.1, 0.15) is 27.7 Å². The van der Waals surface area contributed by atoms with Crippen LogP contribution in [0, 0.1) is 4.91 Å². The fourth-order valence-electron chi connectivity index (χ4n) is 3.84. The molecule has 2 aromatic carbocycles. The number of hydrogen-bond donors (Lipinski definition) is 0. The molecular weight excluding hydrogens is 638 g/mol. The third-order valence-corrected chi connectivity index (χ3v) is 7.09. The zero-order valence-electron chi connectivity index (χ0n) is 20.6. The molecule has 12 nitrogen and oxygen atoms in total. The Morgan fingerprint density at radius 3 is 1.84 bits per heavy atom. The molecule has 5 atom stereocenters. The zero-order valence-corrected chi connectivity index (χ0v) is 23.8. The summed E-state index contributed by atoms with van der Waals surface area (Å²) in [5.41, 5.74) is -0.0976. The van der Waals surface area contributed by atoms with E-state index in [9.17, 15) is 24.1 Å². The van der Waals surface area contributed by atoms with Crippen molar-refractivity contribution < 1.29 is 47.6 Å². The number of carbonyl (C=O) groups excluding carboxylic acids is 4. The summed E-state index contributed by atoms with van der Waals surface area (Å²) >= 11 is 6.82. The molecule has 5 unspecified atom stereocenters. The minimum Gasteiger partial charge on any atom is -0.463 e. The highest BCUT2D eigenvalue weighted by Crippen LogP contribution is 2.39. The normalized spacial score (nSPS) is 22.7. The van der Waals surface area contributed by atoms with Crippen LogP contribution in [0.25, 0.3) is 10.8 Å². The van der Waals surface area contributed by atoms with Gasteiger partial charge in [-0.1, -0.05) is 0 Å². The van der Waals surface area contributed by atoms with Gasteiger partial charge in [0, 0.05) is 36.6 Å². The maximum atomic E-state index is 12.0. The van der Waals surface area contributed by atoms with Crippen molar-refractivity contribution in [2.24, 2.45) is 5.18 Å². The Kier molecular flexibility index (Phi) is 9.79. The summed E-state index contributed by atoms with van der Waals surface area (Å²) in [7, 11) is 0. The van der Waals surface area contributed by atoms with E-state index in [0.29, 0.717) is 10.8 Å². The predicted octanol–water partition coefficient (Wildman–Crippen LogP) is 4.22. The number of hydrogen-bond acceptors (Lipinski definition) is 12. The van der Waals surface area contributed by atoms with Crippen LogP contribution in [0.4, 0.5) is 5.69 Å². The molecule has 0 N–H and O–H groups in total. The monoisotopic (exact) mass is 659 g/mol. The molecule has 14 heteroatoms. The minimum atomic E-state index is -1.51. The van der Waals surface area contributed by atoms with Crippen molar-refractivity contribution in [2.45, 2.75) is 58.4 Å². The van der Waals surface area contributed by atoms with Crippen molar-refractivity contribution in [3.05, 3.63) is 38.1 Å². The molecule has 1 aliphatic rings. The van der Waals surface area contributed by atoms with Gasteiger partial charge in [0.2, 0.25) is 12.4 Å². The van der Waals surface area contributed by atoms with E-state index in [1.54, 1.807) is 12.1 Å². The lowest BCUT2D eigenvalue weighted by Crippen LogP contribution is -2.63. The molecule has 1 heterocycles. The average Bonchev–Trinajstić information content (AvgIpc) is 2.81. The van der Waals surface area contributed by atoms with Gasteiger partial charge in [-0.2, -0.15) is 0 Å². The number of nitroso groups, excluding NO2 is 1. The number of esters is 4. The molecule has 0 saturated carbocycles. The van der Waals surface area contributed by atoms with E-state index in [1.165, 1.54) is 12.1 Å². The van der Waals surface area contributed by atoms with Crippen LogP contribution in [0.3, 0.4) is 0 Å². The molecule has 38 heavy (non-hydrogen) atoms. The Balaban J connectivity index is 2.09. The molecule has 1 aliphatic heterocycles. The van der Waals surface area contributed by atoms with Gasteiger partial charge in [0.05, 0.1) is 0 Å². The second kappa shape index (κ2) is 12.6. The molecule has 204 valence electrons. The van der Waals surface area contributed by atoms with Crippen LogP contribution in [0.15, 0.2) is 38.4 Å². The van der Waals surface area contributed by atoms with E-state index in [-0.39, 0.29) is 11.4 Å². The Morgan fingerprint density at radius 1 is 0.789 bits per heavy atom. The summed E-state index contributed by atoms with van der Waals surface area (Å²) in [5, 5.41) is 4.37. The maximum absolute atomic E-state index is 12.0. The minimum absolute atomic E-state index is 0.0392. The van der Waals surface area contributed by atoms with Gasteiger partial charge in [-0.3, -0.25) is 19.2 Å². The number of halogens is 2. The fourth-order valence-corrected chi connectivity index (χ4v) is 4.56. The van der Waals surface area contributed by atoms with Crippen molar-refractivity contribution in [1.82, 2.24) is 0 Å². The van der Waals surface area contributed by atoms with Crippen molar-refractivity contribution in [3.63, 3.8) is 0 Å². The number of nitrogens with zero attached hydrogens (tertiary/aromatic N) is 1. The Hall–Kier alpha value is -3.10.